The summed E-state index contributed by atoms with van der Waals surface area (Å²) in [7, 11) is 0. The first kappa shape index (κ1) is 17.9. The molecular weight excluding hydrogens is 248 g/mol. The normalized spacial score (nSPS) is 12.0. The number of hydroxylamine groups is 2. The van der Waals surface area contributed by atoms with Gasteiger partial charge in [0.2, 0.25) is 5.91 Å². The summed E-state index contributed by atoms with van der Waals surface area (Å²) < 4.78 is 0. The van der Waals surface area contributed by atoms with E-state index in [-0.39, 0.29) is 25.0 Å². The van der Waals surface area contributed by atoms with E-state index in [0.29, 0.717) is 0 Å². The van der Waals surface area contributed by atoms with E-state index in [1.54, 1.807) is 41.5 Å². The van der Waals surface area contributed by atoms with Crippen LogP contribution in [0.3, 0.4) is 0 Å². The predicted octanol–water partition coefficient (Wildman–Crippen LogP) is 1.50. The van der Waals surface area contributed by atoms with Crippen molar-refractivity contribution in [2.24, 2.45) is 23.0 Å². The molecule has 0 rings (SSSR count). The van der Waals surface area contributed by atoms with Crippen molar-refractivity contribution in [3.63, 3.8) is 0 Å². The Labute approximate surface area is 115 Å². The summed E-state index contributed by atoms with van der Waals surface area (Å²) in [5.41, 5.74) is 4.16. The Kier molecular flexibility index (Phi) is 7.00. The van der Waals surface area contributed by atoms with Gasteiger partial charge in [0.05, 0.1) is 13.2 Å². The van der Waals surface area contributed by atoms with Crippen LogP contribution in [0.1, 0.15) is 41.5 Å². The molecule has 0 atom stereocenters. The Morgan fingerprint density at radius 1 is 1.05 bits per heavy atom. The van der Waals surface area contributed by atoms with Crippen molar-refractivity contribution >= 4 is 11.8 Å². The molecule has 0 aliphatic rings. The third kappa shape index (κ3) is 3.45. The van der Waals surface area contributed by atoms with E-state index in [9.17, 15) is 9.59 Å². The molecule has 19 heavy (non-hydrogen) atoms. The Hall–Kier alpha value is -1.14. The van der Waals surface area contributed by atoms with Gasteiger partial charge in [0.15, 0.2) is 0 Å². The van der Waals surface area contributed by atoms with Crippen LogP contribution in [0.25, 0.3) is 0 Å². The molecule has 0 spiro atoms. The Morgan fingerprint density at radius 3 is 1.63 bits per heavy atom. The topological polar surface area (TPSA) is 81.9 Å². The van der Waals surface area contributed by atoms with Crippen LogP contribution in [0, 0.1) is 17.3 Å². The van der Waals surface area contributed by atoms with Crippen LogP contribution in [-0.4, -0.2) is 30.3 Å². The molecule has 0 saturated carbocycles. The second-order valence-corrected chi connectivity index (χ2v) is 4.94. The second kappa shape index (κ2) is 7.45. The molecule has 2 amide bonds. The number of nitrogens with two attached hydrogens (primary N) is 1. The first-order valence-corrected chi connectivity index (χ1v) is 6.66. The van der Waals surface area contributed by atoms with Gasteiger partial charge >= 0.3 is 0 Å². The lowest BCUT2D eigenvalue weighted by atomic mass is 9.67. The Balaban J connectivity index is 5.58. The number of hydrogen-bond donors (Lipinski definition) is 1. The zero-order valence-electron chi connectivity index (χ0n) is 12.7. The molecule has 0 aliphatic carbocycles. The molecule has 0 aromatic carbocycles. The molecule has 0 aromatic rings. The lowest BCUT2D eigenvalue weighted by Crippen LogP contribution is -2.57. The summed E-state index contributed by atoms with van der Waals surface area (Å²) in [5.74, 6) is -1.73. The lowest BCUT2D eigenvalue weighted by molar-refractivity contribution is -0.344. The molecule has 0 unspecified atom stereocenters. The molecule has 0 aromatic heterocycles. The molecule has 0 fully saturated rings. The first-order chi connectivity index (χ1) is 8.76. The zero-order chi connectivity index (χ0) is 15.2. The summed E-state index contributed by atoms with van der Waals surface area (Å²) in [6, 6.07) is 0. The monoisotopic (exact) mass is 274 g/mol. The second-order valence-electron chi connectivity index (χ2n) is 4.94. The summed E-state index contributed by atoms with van der Waals surface area (Å²) in [6.45, 7) is 11.1. The van der Waals surface area contributed by atoms with E-state index < -0.39 is 17.2 Å². The summed E-state index contributed by atoms with van der Waals surface area (Å²) in [5, 5.41) is 0.796. The van der Waals surface area contributed by atoms with Crippen LogP contribution in [0.4, 0.5) is 0 Å². The van der Waals surface area contributed by atoms with Gasteiger partial charge in [-0.15, -0.1) is 0 Å². The molecular formula is C13H26N2O4. The maximum atomic E-state index is 12.6. The minimum Gasteiger partial charge on any atom is -0.369 e. The van der Waals surface area contributed by atoms with Gasteiger partial charge in [-0.3, -0.25) is 9.59 Å². The number of carbonyl (C=O) groups excluding carboxylic acids is 2. The van der Waals surface area contributed by atoms with Crippen LogP contribution >= 0.6 is 0 Å². The van der Waals surface area contributed by atoms with E-state index in [0.717, 1.165) is 5.23 Å². The average Bonchev–Trinajstić information content (AvgIpc) is 2.27. The summed E-state index contributed by atoms with van der Waals surface area (Å²) in [4.78, 5) is 34.9. The highest BCUT2D eigenvalue weighted by Crippen LogP contribution is 2.38. The molecule has 112 valence electrons. The van der Waals surface area contributed by atoms with Crippen molar-refractivity contribution in [2.75, 3.05) is 13.2 Å². The SMILES string of the molecule is CCON(OCC)C(=O)C(C(N)=O)(C(C)C)C(C)C. The van der Waals surface area contributed by atoms with Crippen molar-refractivity contribution in [1.82, 2.24) is 5.23 Å². The van der Waals surface area contributed by atoms with E-state index in [1.807, 2.05) is 0 Å². The predicted molar refractivity (Wildman–Crippen MR) is 71.4 cm³/mol. The van der Waals surface area contributed by atoms with Crippen molar-refractivity contribution < 1.29 is 19.3 Å². The van der Waals surface area contributed by atoms with E-state index in [2.05, 4.69) is 0 Å². The fourth-order valence-electron chi connectivity index (χ4n) is 2.38. The summed E-state index contributed by atoms with van der Waals surface area (Å²) in [6.07, 6.45) is 0. The van der Waals surface area contributed by atoms with E-state index in [1.165, 1.54) is 0 Å². The number of hydrogen-bond acceptors (Lipinski definition) is 4. The van der Waals surface area contributed by atoms with Gasteiger partial charge < -0.3 is 5.73 Å². The molecule has 0 radical (unpaired) electrons. The number of carbonyl (C=O) groups is 2. The zero-order valence-corrected chi connectivity index (χ0v) is 12.7. The van der Waals surface area contributed by atoms with Gasteiger partial charge in [-0.1, -0.05) is 32.9 Å². The number of rotatable bonds is 8. The molecule has 2 N–H and O–H groups in total. The Morgan fingerprint density at radius 2 is 1.42 bits per heavy atom. The minimum absolute atomic E-state index is 0.261. The first-order valence-electron chi connectivity index (χ1n) is 6.66. The highest BCUT2D eigenvalue weighted by molar-refractivity contribution is 6.04. The van der Waals surface area contributed by atoms with Gasteiger partial charge in [-0.25, -0.2) is 9.68 Å². The molecule has 0 aliphatic heterocycles. The van der Waals surface area contributed by atoms with Gasteiger partial charge in [-0.05, 0) is 25.7 Å². The minimum atomic E-state index is -1.34. The standard InChI is InChI=1S/C13H26N2O4/c1-7-18-15(19-8-2)12(17)13(9(3)4,10(5)6)11(14)16/h9-10H,7-8H2,1-6H3,(H2,14,16). The molecule has 6 heteroatoms. The van der Waals surface area contributed by atoms with Gasteiger partial charge in [0.1, 0.15) is 5.41 Å². The average molecular weight is 274 g/mol. The lowest BCUT2D eigenvalue weighted by Gasteiger charge is -2.38. The van der Waals surface area contributed by atoms with Crippen molar-refractivity contribution in [3.05, 3.63) is 0 Å². The quantitative estimate of drug-likeness (QED) is 0.537. The van der Waals surface area contributed by atoms with Gasteiger partial charge in [0.25, 0.3) is 5.91 Å². The van der Waals surface area contributed by atoms with Crippen LogP contribution in [0.5, 0.6) is 0 Å². The van der Waals surface area contributed by atoms with Crippen molar-refractivity contribution in [2.45, 2.75) is 41.5 Å². The number of primary amides is 1. The van der Waals surface area contributed by atoms with Crippen molar-refractivity contribution in [3.8, 4) is 0 Å². The third-order valence-electron chi connectivity index (χ3n) is 3.24. The molecule has 0 bridgehead atoms. The highest BCUT2D eigenvalue weighted by Gasteiger charge is 2.53. The third-order valence-corrected chi connectivity index (χ3v) is 3.24. The van der Waals surface area contributed by atoms with E-state index >= 15 is 0 Å². The summed E-state index contributed by atoms with van der Waals surface area (Å²) >= 11 is 0. The van der Waals surface area contributed by atoms with Crippen LogP contribution in [0.2, 0.25) is 0 Å². The van der Waals surface area contributed by atoms with Crippen molar-refractivity contribution in [1.29, 1.82) is 0 Å². The Bertz CT molecular complexity index is 302. The number of amides is 2. The van der Waals surface area contributed by atoms with Crippen LogP contribution in [-0.2, 0) is 19.3 Å². The fourth-order valence-corrected chi connectivity index (χ4v) is 2.38. The van der Waals surface area contributed by atoms with Crippen LogP contribution < -0.4 is 5.73 Å². The molecule has 0 saturated heterocycles. The largest absolute Gasteiger partial charge is 0.369 e. The molecule has 6 nitrogen and oxygen atoms in total. The van der Waals surface area contributed by atoms with Gasteiger partial charge in [0, 0.05) is 0 Å². The fraction of sp³-hybridized carbons (Fsp3) is 0.846. The van der Waals surface area contributed by atoms with Crippen LogP contribution in [0.15, 0.2) is 0 Å². The molecule has 0 heterocycles. The number of nitrogens with zero attached hydrogens (tertiary/aromatic N) is 1. The maximum absolute atomic E-state index is 12.6. The van der Waals surface area contributed by atoms with E-state index in [4.69, 9.17) is 15.4 Å². The highest BCUT2D eigenvalue weighted by atomic mass is 17.0. The van der Waals surface area contributed by atoms with Gasteiger partial charge in [-0.2, -0.15) is 0 Å². The smallest absolute Gasteiger partial charge is 0.289 e. The maximum Gasteiger partial charge on any atom is 0.289 e.